The van der Waals surface area contributed by atoms with Gasteiger partial charge in [0.05, 0.1) is 0 Å². The number of hydrogen-bond acceptors (Lipinski definition) is 2. The van der Waals surface area contributed by atoms with E-state index in [9.17, 15) is 8.78 Å². The van der Waals surface area contributed by atoms with Crippen LogP contribution < -0.4 is 0 Å². The van der Waals surface area contributed by atoms with Crippen LogP contribution in [0.2, 0.25) is 0 Å². The fraction of sp³-hybridized carbons (Fsp3) is 1.00. The quantitative estimate of drug-likeness (QED) is 0.561. The van der Waals surface area contributed by atoms with Crippen LogP contribution in [-0.4, -0.2) is 24.4 Å². The molecule has 0 aromatic carbocycles. The Morgan fingerprint density at radius 1 is 1.62 bits per heavy atom. The van der Waals surface area contributed by atoms with Crippen LogP contribution in [0.1, 0.15) is 6.92 Å². The molecular formula is C4H8F2O2. The highest BCUT2D eigenvalue weighted by Crippen LogP contribution is 2.10. The van der Waals surface area contributed by atoms with Crippen LogP contribution in [0.4, 0.5) is 8.78 Å². The lowest BCUT2D eigenvalue weighted by Crippen LogP contribution is -2.18. The fourth-order valence-electron chi connectivity index (χ4n) is 0.225. The SMILES string of the molecule is CC(F)(F)COCO. The summed E-state index contributed by atoms with van der Waals surface area (Å²) in [5.74, 6) is -2.83. The largest absolute Gasteiger partial charge is 0.371 e. The highest BCUT2D eigenvalue weighted by molar-refractivity contribution is 4.52. The molecule has 0 saturated heterocycles. The van der Waals surface area contributed by atoms with E-state index in [4.69, 9.17) is 5.11 Å². The Bertz CT molecular complexity index is 59.5. The van der Waals surface area contributed by atoms with E-state index in [1.165, 1.54) is 0 Å². The van der Waals surface area contributed by atoms with Gasteiger partial charge in [0.2, 0.25) is 0 Å². The van der Waals surface area contributed by atoms with Crippen molar-refractivity contribution in [3.8, 4) is 0 Å². The lowest BCUT2D eigenvalue weighted by atomic mass is 10.4. The molecule has 0 aromatic heterocycles. The monoisotopic (exact) mass is 126 g/mol. The Balaban J connectivity index is 3.11. The van der Waals surface area contributed by atoms with E-state index in [1.54, 1.807) is 0 Å². The van der Waals surface area contributed by atoms with E-state index in [0.717, 1.165) is 6.92 Å². The third-order valence-corrected chi connectivity index (χ3v) is 0.447. The molecule has 0 bridgehead atoms. The molecule has 0 aromatic rings. The standard InChI is InChI=1S/C4H8F2O2/c1-4(5,6)2-8-3-7/h7H,2-3H2,1H3. The van der Waals surface area contributed by atoms with Gasteiger partial charge in [0, 0.05) is 6.92 Å². The molecule has 0 heterocycles. The van der Waals surface area contributed by atoms with Crippen molar-refractivity contribution in [2.45, 2.75) is 12.8 Å². The van der Waals surface area contributed by atoms with Crippen molar-refractivity contribution < 1.29 is 18.6 Å². The Morgan fingerprint density at radius 2 is 2.12 bits per heavy atom. The van der Waals surface area contributed by atoms with E-state index in [-0.39, 0.29) is 0 Å². The Morgan fingerprint density at radius 3 is 2.25 bits per heavy atom. The van der Waals surface area contributed by atoms with Gasteiger partial charge in [0.1, 0.15) is 13.4 Å². The maximum absolute atomic E-state index is 11.7. The number of aliphatic hydroxyl groups excluding tert-OH is 1. The van der Waals surface area contributed by atoms with E-state index in [1.807, 2.05) is 0 Å². The van der Waals surface area contributed by atoms with E-state index < -0.39 is 19.3 Å². The molecule has 0 aliphatic rings. The minimum atomic E-state index is -2.83. The van der Waals surface area contributed by atoms with Crippen LogP contribution in [-0.2, 0) is 4.74 Å². The Kier molecular flexibility index (Phi) is 2.86. The second-order valence-corrected chi connectivity index (χ2v) is 1.55. The molecular weight excluding hydrogens is 118 g/mol. The maximum Gasteiger partial charge on any atom is 0.268 e. The maximum atomic E-state index is 11.7. The lowest BCUT2D eigenvalue weighted by Gasteiger charge is -2.07. The zero-order chi connectivity index (χ0) is 6.62. The minimum Gasteiger partial charge on any atom is -0.371 e. The van der Waals surface area contributed by atoms with E-state index >= 15 is 0 Å². The number of ether oxygens (including phenoxy) is 1. The van der Waals surface area contributed by atoms with Gasteiger partial charge in [-0.2, -0.15) is 0 Å². The molecule has 0 amide bonds. The first kappa shape index (κ1) is 7.78. The van der Waals surface area contributed by atoms with Gasteiger partial charge in [-0.15, -0.1) is 0 Å². The number of halogens is 2. The van der Waals surface area contributed by atoms with Crippen molar-refractivity contribution in [2.24, 2.45) is 0 Å². The van der Waals surface area contributed by atoms with Crippen molar-refractivity contribution in [1.82, 2.24) is 0 Å². The van der Waals surface area contributed by atoms with Crippen molar-refractivity contribution >= 4 is 0 Å². The van der Waals surface area contributed by atoms with E-state index in [0.29, 0.717) is 0 Å². The second-order valence-electron chi connectivity index (χ2n) is 1.55. The Hall–Kier alpha value is -0.220. The molecule has 4 heteroatoms. The van der Waals surface area contributed by atoms with Crippen LogP contribution in [0, 0.1) is 0 Å². The van der Waals surface area contributed by atoms with Crippen molar-refractivity contribution in [1.29, 1.82) is 0 Å². The summed E-state index contributed by atoms with van der Waals surface area (Å²) in [5.41, 5.74) is 0. The fourth-order valence-corrected chi connectivity index (χ4v) is 0.225. The molecule has 0 aliphatic carbocycles. The zero-order valence-electron chi connectivity index (χ0n) is 4.53. The number of rotatable bonds is 3. The van der Waals surface area contributed by atoms with Gasteiger partial charge in [-0.05, 0) is 0 Å². The molecule has 2 nitrogen and oxygen atoms in total. The average Bonchev–Trinajstić information content (AvgIpc) is 1.59. The summed E-state index contributed by atoms with van der Waals surface area (Å²) in [6, 6.07) is 0. The summed E-state index contributed by atoms with van der Waals surface area (Å²) in [5, 5.41) is 7.87. The van der Waals surface area contributed by atoms with Gasteiger partial charge < -0.3 is 9.84 Å². The third-order valence-electron chi connectivity index (χ3n) is 0.447. The smallest absolute Gasteiger partial charge is 0.268 e. The molecule has 1 N–H and O–H groups in total. The molecule has 0 fully saturated rings. The number of hydrogen-bond donors (Lipinski definition) is 1. The van der Waals surface area contributed by atoms with Crippen LogP contribution in [0.25, 0.3) is 0 Å². The van der Waals surface area contributed by atoms with Gasteiger partial charge in [0.15, 0.2) is 0 Å². The van der Waals surface area contributed by atoms with Crippen LogP contribution in [0.15, 0.2) is 0 Å². The van der Waals surface area contributed by atoms with Crippen LogP contribution in [0.5, 0.6) is 0 Å². The summed E-state index contributed by atoms with van der Waals surface area (Å²) < 4.78 is 27.3. The molecule has 0 rings (SSSR count). The lowest BCUT2D eigenvalue weighted by molar-refractivity contribution is -0.102. The summed E-state index contributed by atoms with van der Waals surface area (Å²) >= 11 is 0. The molecule has 0 saturated carbocycles. The van der Waals surface area contributed by atoms with Crippen molar-refractivity contribution in [3.63, 3.8) is 0 Å². The van der Waals surface area contributed by atoms with Crippen molar-refractivity contribution in [2.75, 3.05) is 13.4 Å². The third kappa shape index (κ3) is 5.78. The predicted molar refractivity (Wildman–Crippen MR) is 23.7 cm³/mol. The second kappa shape index (κ2) is 2.94. The topological polar surface area (TPSA) is 29.5 Å². The molecule has 8 heavy (non-hydrogen) atoms. The van der Waals surface area contributed by atoms with E-state index in [2.05, 4.69) is 4.74 Å². The van der Waals surface area contributed by atoms with Crippen LogP contribution in [0.3, 0.4) is 0 Å². The van der Waals surface area contributed by atoms with Gasteiger partial charge in [-0.25, -0.2) is 8.78 Å². The normalized spacial score (nSPS) is 12.0. The predicted octanol–water partition coefficient (Wildman–Crippen LogP) is 0.608. The molecule has 0 aliphatic heterocycles. The highest BCUT2D eigenvalue weighted by Gasteiger charge is 2.20. The summed E-state index contributed by atoms with van der Waals surface area (Å²) in [6.45, 7) is -0.643. The van der Waals surface area contributed by atoms with Crippen LogP contribution >= 0.6 is 0 Å². The van der Waals surface area contributed by atoms with Crippen molar-refractivity contribution in [3.05, 3.63) is 0 Å². The van der Waals surface area contributed by atoms with Gasteiger partial charge >= 0.3 is 0 Å². The van der Waals surface area contributed by atoms with Gasteiger partial charge in [-0.1, -0.05) is 0 Å². The number of aliphatic hydroxyl groups is 1. The number of alkyl halides is 2. The molecule has 0 atom stereocenters. The molecule has 50 valence electrons. The first-order chi connectivity index (χ1) is 3.56. The molecule has 0 unspecified atom stereocenters. The average molecular weight is 126 g/mol. The first-order valence-electron chi connectivity index (χ1n) is 2.13. The summed E-state index contributed by atoms with van der Waals surface area (Å²) in [6.07, 6.45) is 0. The first-order valence-corrected chi connectivity index (χ1v) is 2.13. The summed E-state index contributed by atoms with van der Waals surface area (Å²) in [7, 11) is 0. The van der Waals surface area contributed by atoms with Gasteiger partial charge in [0.25, 0.3) is 5.92 Å². The minimum absolute atomic E-state index is 0.649. The molecule has 0 radical (unpaired) electrons. The summed E-state index contributed by atoms with van der Waals surface area (Å²) in [4.78, 5) is 0. The highest BCUT2D eigenvalue weighted by atomic mass is 19.3. The van der Waals surface area contributed by atoms with Gasteiger partial charge in [-0.3, -0.25) is 0 Å². The Labute approximate surface area is 46.1 Å². The zero-order valence-corrected chi connectivity index (χ0v) is 4.53. The molecule has 0 spiro atoms.